The molecular formula is C14H16N2O3. The van der Waals surface area contributed by atoms with Crippen LogP contribution in [0.3, 0.4) is 0 Å². The molecule has 19 heavy (non-hydrogen) atoms. The molecule has 2 N–H and O–H groups in total. The zero-order chi connectivity index (χ0) is 13.5. The van der Waals surface area contributed by atoms with Crippen molar-refractivity contribution in [2.24, 2.45) is 0 Å². The maximum atomic E-state index is 12.3. The summed E-state index contributed by atoms with van der Waals surface area (Å²) in [7, 11) is 0. The Balaban J connectivity index is 1.81. The zero-order valence-electron chi connectivity index (χ0n) is 10.5. The topological polar surface area (TPSA) is 69.6 Å². The summed E-state index contributed by atoms with van der Waals surface area (Å²) in [5, 5.41) is 12.9. The third-order valence-electron chi connectivity index (χ3n) is 3.87. The molecule has 1 aromatic rings. The first-order valence-corrected chi connectivity index (χ1v) is 6.50. The smallest absolute Gasteiger partial charge is 0.274 e. The molecule has 2 heterocycles. The van der Waals surface area contributed by atoms with E-state index in [0.717, 1.165) is 5.56 Å². The second-order valence-corrected chi connectivity index (χ2v) is 5.13. The molecular weight excluding hydrogens is 244 g/mol. The molecule has 100 valence electrons. The molecule has 2 amide bonds. The van der Waals surface area contributed by atoms with Crippen molar-refractivity contribution in [2.75, 3.05) is 6.54 Å². The fraction of sp³-hybridized carbons (Fsp3) is 0.429. The van der Waals surface area contributed by atoms with Gasteiger partial charge in [-0.05, 0) is 12.0 Å². The molecule has 0 bridgehead atoms. The fourth-order valence-corrected chi connectivity index (χ4v) is 2.84. The van der Waals surface area contributed by atoms with Crippen LogP contribution in [0.4, 0.5) is 0 Å². The van der Waals surface area contributed by atoms with Gasteiger partial charge in [-0.25, -0.2) is 0 Å². The molecule has 1 aromatic carbocycles. The molecule has 5 nitrogen and oxygen atoms in total. The van der Waals surface area contributed by atoms with Gasteiger partial charge >= 0.3 is 0 Å². The van der Waals surface area contributed by atoms with Crippen LogP contribution in [0, 0.1) is 0 Å². The summed E-state index contributed by atoms with van der Waals surface area (Å²) in [5.74, 6) is -0.644. The number of hydrogen-bond acceptors (Lipinski definition) is 3. The number of amides is 2. The summed E-state index contributed by atoms with van der Waals surface area (Å²) >= 11 is 0. The minimum atomic E-state index is -1.62. The molecule has 0 saturated carbocycles. The summed E-state index contributed by atoms with van der Waals surface area (Å²) in [6.45, 7) is 0.452. The summed E-state index contributed by atoms with van der Waals surface area (Å²) in [5.41, 5.74) is -0.629. The Bertz CT molecular complexity index is 517. The van der Waals surface area contributed by atoms with Crippen molar-refractivity contribution in [1.29, 1.82) is 0 Å². The second kappa shape index (κ2) is 4.35. The van der Waals surface area contributed by atoms with Crippen molar-refractivity contribution in [2.45, 2.75) is 31.0 Å². The number of nitrogens with one attached hydrogen (secondary N) is 1. The third kappa shape index (κ3) is 1.90. The van der Waals surface area contributed by atoms with E-state index in [-0.39, 0.29) is 5.91 Å². The van der Waals surface area contributed by atoms with Crippen LogP contribution in [-0.4, -0.2) is 40.1 Å². The van der Waals surface area contributed by atoms with Gasteiger partial charge in [-0.1, -0.05) is 30.3 Å². The summed E-state index contributed by atoms with van der Waals surface area (Å²) in [4.78, 5) is 25.6. The maximum Gasteiger partial charge on any atom is 0.274 e. The number of nitrogens with zero attached hydrogens (tertiary/aromatic N) is 1. The van der Waals surface area contributed by atoms with E-state index < -0.39 is 17.7 Å². The van der Waals surface area contributed by atoms with Gasteiger partial charge in [-0.15, -0.1) is 0 Å². The first-order valence-electron chi connectivity index (χ1n) is 6.50. The Morgan fingerprint density at radius 2 is 2.05 bits per heavy atom. The molecule has 5 heteroatoms. The Hall–Kier alpha value is -1.88. The largest absolute Gasteiger partial charge is 0.363 e. The van der Waals surface area contributed by atoms with E-state index in [2.05, 4.69) is 5.32 Å². The molecule has 0 aromatic heterocycles. The van der Waals surface area contributed by atoms with Gasteiger partial charge in [0.2, 0.25) is 11.6 Å². The molecule has 3 rings (SSSR count). The quantitative estimate of drug-likeness (QED) is 0.788. The van der Waals surface area contributed by atoms with Crippen LogP contribution in [-0.2, 0) is 16.0 Å². The lowest BCUT2D eigenvalue weighted by Crippen LogP contribution is -2.68. The van der Waals surface area contributed by atoms with Gasteiger partial charge < -0.3 is 15.3 Å². The average molecular weight is 260 g/mol. The molecule has 2 fully saturated rings. The van der Waals surface area contributed by atoms with Crippen LogP contribution in [0.5, 0.6) is 0 Å². The van der Waals surface area contributed by atoms with Crippen LogP contribution in [0.2, 0.25) is 0 Å². The van der Waals surface area contributed by atoms with Crippen LogP contribution in [0.25, 0.3) is 0 Å². The lowest BCUT2D eigenvalue weighted by molar-refractivity contribution is -0.177. The van der Waals surface area contributed by atoms with Crippen molar-refractivity contribution in [1.82, 2.24) is 10.2 Å². The number of aliphatic hydroxyl groups is 1. The van der Waals surface area contributed by atoms with Gasteiger partial charge in [-0.3, -0.25) is 9.59 Å². The van der Waals surface area contributed by atoms with Gasteiger partial charge in [0.25, 0.3) is 5.91 Å². The van der Waals surface area contributed by atoms with Crippen molar-refractivity contribution in [3.05, 3.63) is 35.9 Å². The molecule has 2 aliphatic heterocycles. The first-order chi connectivity index (χ1) is 9.11. The molecule has 2 saturated heterocycles. The van der Waals surface area contributed by atoms with Gasteiger partial charge in [0.05, 0.1) is 0 Å². The number of piperazine rings is 1. The minimum absolute atomic E-state index is 0.191. The Morgan fingerprint density at radius 1 is 1.32 bits per heavy atom. The van der Waals surface area contributed by atoms with E-state index >= 15 is 0 Å². The number of fused-ring (bicyclic) bond motifs is 1. The number of carbonyl (C=O) groups excluding carboxylic acids is 2. The predicted molar refractivity (Wildman–Crippen MR) is 68.0 cm³/mol. The van der Waals surface area contributed by atoms with Crippen LogP contribution < -0.4 is 5.32 Å². The van der Waals surface area contributed by atoms with Crippen molar-refractivity contribution >= 4 is 11.8 Å². The Kier molecular flexibility index (Phi) is 2.78. The lowest BCUT2D eigenvalue weighted by Gasteiger charge is -2.40. The lowest BCUT2D eigenvalue weighted by atomic mass is 9.99. The SMILES string of the molecule is O=C1[C@H](Cc2ccccc2)NC(=O)[C@]2(O)CCCN12. The van der Waals surface area contributed by atoms with Crippen molar-refractivity contribution in [3.8, 4) is 0 Å². The van der Waals surface area contributed by atoms with Crippen LogP contribution in [0.15, 0.2) is 30.3 Å². The normalized spacial score (nSPS) is 30.2. The fourth-order valence-electron chi connectivity index (χ4n) is 2.84. The highest BCUT2D eigenvalue weighted by Gasteiger charge is 2.53. The van der Waals surface area contributed by atoms with Crippen molar-refractivity contribution < 1.29 is 14.7 Å². The molecule has 0 radical (unpaired) electrons. The maximum absolute atomic E-state index is 12.3. The highest BCUT2D eigenvalue weighted by Crippen LogP contribution is 2.31. The van der Waals surface area contributed by atoms with Gasteiger partial charge in [-0.2, -0.15) is 0 Å². The molecule has 0 aliphatic carbocycles. The predicted octanol–water partition coefficient (Wildman–Crippen LogP) is 0.0385. The van der Waals surface area contributed by atoms with E-state index in [4.69, 9.17) is 0 Å². The number of hydrogen-bond donors (Lipinski definition) is 2. The highest BCUT2D eigenvalue weighted by atomic mass is 16.3. The zero-order valence-corrected chi connectivity index (χ0v) is 10.5. The van der Waals surface area contributed by atoms with Crippen LogP contribution in [0.1, 0.15) is 18.4 Å². The Morgan fingerprint density at radius 3 is 2.79 bits per heavy atom. The Labute approximate surface area is 111 Å². The minimum Gasteiger partial charge on any atom is -0.363 e. The van der Waals surface area contributed by atoms with E-state index in [1.54, 1.807) is 0 Å². The third-order valence-corrected chi connectivity index (χ3v) is 3.87. The van der Waals surface area contributed by atoms with E-state index in [9.17, 15) is 14.7 Å². The van der Waals surface area contributed by atoms with Gasteiger partial charge in [0.15, 0.2) is 0 Å². The number of rotatable bonds is 2. The van der Waals surface area contributed by atoms with E-state index in [1.165, 1.54) is 4.90 Å². The number of carbonyl (C=O) groups is 2. The molecule has 2 aliphatic rings. The molecule has 0 spiro atoms. The highest BCUT2D eigenvalue weighted by molar-refractivity contribution is 5.99. The first kappa shape index (κ1) is 12.2. The second-order valence-electron chi connectivity index (χ2n) is 5.13. The monoisotopic (exact) mass is 260 g/mol. The van der Waals surface area contributed by atoms with Gasteiger partial charge in [0.1, 0.15) is 6.04 Å². The molecule has 2 atom stereocenters. The van der Waals surface area contributed by atoms with Crippen LogP contribution >= 0.6 is 0 Å². The van der Waals surface area contributed by atoms with E-state index in [0.29, 0.717) is 25.8 Å². The summed E-state index contributed by atoms with van der Waals surface area (Å²) in [6.07, 6.45) is 1.44. The molecule has 0 unspecified atom stereocenters. The van der Waals surface area contributed by atoms with Gasteiger partial charge in [0, 0.05) is 19.4 Å². The van der Waals surface area contributed by atoms with E-state index in [1.807, 2.05) is 30.3 Å². The summed E-state index contributed by atoms with van der Waals surface area (Å²) < 4.78 is 0. The average Bonchev–Trinajstić information content (AvgIpc) is 2.81. The summed E-state index contributed by atoms with van der Waals surface area (Å²) in [6, 6.07) is 8.97. The van der Waals surface area contributed by atoms with Crippen molar-refractivity contribution in [3.63, 3.8) is 0 Å². The standard InChI is InChI=1S/C14H16N2O3/c17-12-11(9-10-5-2-1-3-6-10)15-13(18)14(19)7-4-8-16(12)14/h1-3,5-6,11,19H,4,7-9H2,(H,15,18)/t11-,14+/m0/s1. The number of benzene rings is 1.